The van der Waals surface area contributed by atoms with Crippen molar-refractivity contribution in [3.8, 4) is 5.75 Å². The Morgan fingerprint density at radius 3 is 2.52 bits per heavy atom. The minimum absolute atomic E-state index is 0.623. The molecular formula is C19H25N3O. The van der Waals surface area contributed by atoms with Gasteiger partial charge >= 0.3 is 0 Å². The maximum absolute atomic E-state index is 5.24. The molecule has 0 radical (unpaired) electrons. The molecule has 2 aromatic rings. The highest BCUT2D eigenvalue weighted by Crippen LogP contribution is 2.13. The molecule has 0 heterocycles. The Bertz CT molecular complexity index is 611. The number of nitrogens with one attached hydrogen (secondary N) is 2. The monoisotopic (exact) mass is 311 g/mol. The molecule has 0 unspecified atom stereocenters. The quantitative estimate of drug-likeness (QED) is 0.610. The van der Waals surface area contributed by atoms with Crippen LogP contribution < -0.4 is 15.4 Å². The minimum atomic E-state index is 0.623. The largest absolute Gasteiger partial charge is 0.497 e. The molecule has 0 bridgehead atoms. The number of guanidine groups is 1. The van der Waals surface area contributed by atoms with Gasteiger partial charge in [-0.05, 0) is 36.6 Å². The van der Waals surface area contributed by atoms with Gasteiger partial charge in [0.25, 0.3) is 0 Å². The van der Waals surface area contributed by atoms with Crippen molar-refractivity contribution in [2.45, 2.75) is 19.9 Å². The lowest BCUT2D eigenvalue weighted by Crippen LogP contribution is -2.38. The van der Waals surface area contributed by atoms with Gasteiger partial charge in [-0.3, -0.25) is 0 Å². The summed E-state index contributed by atoms with van der Waals surface area (Å²) in [6.07, 6.45) is 0.977. The van der Waals surface area contributed by atoms with Crippen LogP contribution in [-0.2, 0) is 13.0 Å². The Labute approximate surface area is 138 Å². The molecule has 4 heteroatoms. The molecule has 2 N–H and O–H groups in total. The summed E-state index contributed by atoms with van der Waals surface area (Å²) in [5, 5.41) is 6.65. The smallest absolute Gasteiger partial charge is 0.191 e. The van der Waals surface area contributed by atoms with Crippen molar-refractivity contribution in [2.24, 2.45) is 4.99 Å². The SMILES string of the molecule is CCNC(=NCc1cccc(OC)c1)NCCc1ccccc1. The number of ether oxygens (including phenoxy) is 1. The van der Waals surface area contributed by atoms with Crippen LogP contribution in [0.5, 0.6) is 5.75 Å². The van der Waals surface area contributed by atoms with Gasteiger partial charge in [-0.1, -0.05) is 42.5 Å². The maximum Gasteiger partial charge on any atom is 0.191 e. The first-order valence-corrected chi connectivity index (χ1v) is 8.01. The Balaban J connectivity index is 1.88. The van der Waals surface area contributed by atoms with Crippen molar-refractivity contribution in [3.63, 3.8) is 0 Å². The first-order chi connectivity index (χ1) is 11.3. The van der Waals surface area contributed by atoms with Crippen LogP contribution in [0.2, 0.25) is 0 Å². The standard InChI is InChI=1S/C19H25N3O/c1-3-20-19(21-13-12-16-8-5-4-6-9-16)22-15-17-10-7-11-18(14-17)23-2/h4-11,14H,3,12-13,15H2,1-2H3,(H2,20,21,22). The predicted molar refractivity (Wildman–Crippen MR) is 96.0 cm³/mol. The molecular weight excluding hydrogens is 286 g/mol. The fraction of sp³-hybridized carbons (Fsp3) is 0.316. The molecule has 0 fully saturated rings. The van der Waals surface area contributed by atoms with E-state index in [1.807, 2.05) is 24.3 Å². The van der Waals surface area contributed by atoms with Crippen molar-refractivity contribution in [2.75, 3.05) is 20.2 Å². The summed E-state index contributed by atoms with van der Waals surface area (Å²) >= 11 is 0. The normalized spacial score (nSPS) is 11.1. The Hall–Kier alpha value is -2.49. The maximum atomic E-state index is 5.24. The van der Waals surface area contributed by atoms with Crippen molar-refractivity contribution in [3.05, 3.63) is 65.7 Å². The third kappa shape index (κ3) is 6.02. The molecule has 0 amide bonds. The topological polar surface area (TPSA) is 45.7 Å². The lowest BCUT2D eigenvalue weighted by Gasteiger charge is -2.11. The van der Waals surface area contributed by atoms with Gasteiger partial charge < -0.3 is 15.4 Å². The second kappa shape index (κ2) is 9.51. The lowest BCUT2D eigenvalue weighted by molar-refractivity contribution is 0.414. The summed E-state index contributed by atoms with van der Waals surface area (Å²) in [6.45, 7) is 4.39. The fourth-order valence-corrected chi connectivity index (χ4v) is 2.25. The van der Waals surface area contributed by atoms with Crippen LogP contribution in [0.3, 0.4) is 0 Å². The molecule has 23 heavy (non-hydrogen) atoms. The van der Waals surface area contributed by atoms with E-state index in [9.17, 15) is 0 Å². The molecule has 0 aromatic heterocycles. The highest BCUT2D eigenvalue weighted by Gasteiger charge is 1.99. The Morgan fingerprint density at radius 2 is 1.78 bits per heavy atom. The molecule has 0 aliphatic carbocycles. The fourth-order valence-electron chi connectivity index (χ4n) is 2.25. The second-order valence-corrected chi connectivity index (χ2v) is 5.21. The molecule has 0 saturated heterocycles. The van der Waals surface area contributed by atoms with E-state index in [0.717, 1.165) is 36.8 Å². The van der Waals surface area contributed by atoms with E-state index in [0.29, 0.717) is 6.54 Å². The van der Waals surface area contributed by atoms with Crippen molar-refractivity contribution in [1.29, 1.82) is 0 Å². The van der Waals surface area contributed by atoms with Gasteiger partial charge in [0.1, 0.15) is 5.75 Å². The van der Waals surface area contributed by atoms with E-state index >= 15 is 0 Å². The van der Waals surface area contributed by atoms with Crippen LogP contribution in [0.25, 0.3) is 0 Å². The van der Waals surface area contributed by atoms with Gasteiger partial charge in [-0.2, -0.15) is 0 Å². The van der Waals surface area contributed by atoms with Gasteiger partial charge in [0, 0.05) is 13.1 Å². The molecule has 2 aromatic carbocycles. The zero-order valence-corrected chi connectivity index (χ0v) is 13.9. The van der Waals surface area contributed by atoms with Crippen molar-refractivity contribution >= 4 is 5.96 Å². The molecule has 0 aliphatic heterocycles. The van der Waals surface area contributed by atoms with Crippen LogP contribution in [-0.4, -0.2) is 26.2 Å². The summed E-state index contributed by atoms with van der Waals surface area (Å²) in [6, 6.07) is 18.4. The summed E-state index contributed by atoms with van der Waals surface area (Å²) < 4.78 is 5.24. The minimum Gasteiger partial charge on any atom is -0.497 e. The molecule has 122 valence electrons. The van der Waals surface area contributed by atoms with Gasteiger partial charge in [0.15, 0.2) is 5.96 Å². The van der Waals surface area contributed by atoms with Gasteiger partial charge in [-0.15, -0.1) is 0 Å². The Morgan fingerprint density at radius 1 is 1.00 bits per heavy atom. The Kier molecular flexibility index (Phi) is 6.98. The molecule has 2 rings (SSSR count). The molecule has 4 nitrogen and oxygen atoms in total. The van der Waals surface area contributed by atoms with E-state index in [1.54, 1.807) is 7.11 Å². The molecule has 0 atom stereocenters. The van der Waals surface area contributed by atoms with Gasteiger partial charge in [0.05, 0.1) is 13.7 Å². The number of rotatable bonds is 7. The molecule has 0 aliphatic rings. The van der Waals surface area contributed by atoms with Crippen molar-refractivity contribution < 1.29 is 4.74 Å². The molecule has 0 spiro atoms. The number of hydrogen-bond acceptors (Lipinski definition) is 2. The zero-order valence-electron chi connectivity index (χ0n) is 13.9. The summed E-state index contributed by atoms with van der Waals surface area (Å²) in [4.78, 5) is 4.63. The van der Waals surface area contributed by atoms with E-state index in [-0.39, 0.29) is 0 Å². The summed E-state index contributed by atoms with van der Waals surface area (Å²) in [5.41, 5.74) is 2.45. The third-order valence-corrected chi connectivity index (χ3v) is 3.45. The average Bonchev–Trinajstić information content (AvgIpc) is 2.61. The highest BCUT2D eigenvalue weighted by atomic mass is 16.5. The number of aliphatic imine (C=N–C) groups is 1. The van der Waals surface area contributed by atoms with E-state index in [1.165, 1.54) is 5.56 Å². The van der Waals surface area contributed by atoms with Crippen LogP contribution in [0, 0.1) is 0 Å². The zero-order chi connectivity index (χ0) is 16.3. The lowest BCUT2D eigenvalue weighted by atomic mass is 10.1. The van der Waals surface area contributed by atoms with Crippen LogP contribution in [0.15, 0.2) is 59.6 Å². The summed E-state index contributed by atoms with van der Waals surface area (Å²) in [5.74, 6) is 1.70. The first-order valence-electron chi connectivity index (χ1n) is 8.01. The number of benzene rings is 2. The number of nitrogens with zero attached hydrogens (tertiary/aromatic N) is 1. The van der Waals surface area contributed by atoms with E-state index < -0.39 is 0 Å². The molecule has 0 saturated carbocycles. The highest BCUT2D eigenvalue weighted by molar-refractivity contribution is 5.79. The van der Waals surface area contributed by atoms with Gasteiger partial charge in [0.2, 0.25) is 0 Å². The predicted octanol–water partition coefficient (Wildman–Crippen LogP) is 2.99. The van der Waals surface area contributed by atoms with E-state index in [4.69, 9.17) is 4.74 Å². The van der Waals surface area contributed by atoms with E-state index in [2.05, 4.69) is 52.9 Å². The second-order valence-electron chi connectivity index (χ2n) is 5.21. The van der Waals surface area contributed by atoms with Crippen LogP contribution in [0.1, 0.15) is 18.1 Å². The number of methoxy groups -OCH3 is 1. The van der Waals surface area contributed by atoms with Gasteiger partial charge in [-0.25, -0.2) is 4.99 Å². The van der Waals surface area contributed by atoms with Crippen LogP contribution in [0.4, 0.5) is 0 Å². The van der Waals surface area contributed by atoms with Crippen LogP contribution >= 0.6 is 0 Å². The van der Waals surface area contributed by atoms with Crippen molar-refractivity contribution in [1.82, 2.24) is 10.6 Å². The average molecular weight is 311 g/mol. The summed E-state index contributed by atoms with van der Waals surface area (Å²) in [7, 11) is 1.68. The number of hydrogen-bond donors (Lipinski definition) is 2. The third-order valence-electron chi connectivity index (χ3n) is 3.45. The first kappa shape index (κ1) is 16.9.